The van der Waals surface area contributed by atoms with E-state index in [1.54, 1.807) is 24.4 Å². The number of pyridine rings is 1. The van der Waals surface area contributed by atoms with E-state index in [0.29, 0.717) is 45.1 Å². The van der Waals surface area contributed by atoms with Crippen LogP contribution in [0.5, 0.6) is 5.75 Å². The molecule has 4 aromatic rings. The number of aryl methyl sites for hydroxylation is 1. The van der Waals surface area contributed by atoms with Gasteiger partial charge in [0.1, 0.15) is 28.9 Å². The van der Waals surface area contributed by atoms with Crippen molar-refractivity contribution in [3.8, 4) is 17.0 Å². The smallest absolute Gasteiger partial charge is 0.223 e. The van der Waals surface area contributed by atoms with Crippen molar-refractivity contribution in [1.82, 2.24) is 20.3 Å². The summed E-state index contributed by atoms with van der Waals surface area (Å²) in [5.74, 6) is -0.591. The molecule has 198 valence electrons. The van der Waals surface area contributed by atoms with E-state index in [9.17, 15) is 4.39 Å². The molecule has 10 heteroatoms. The van der Waals surface area contributed by atoms with Crippen LogP contribution in [-0.2, 0) is 15.9 Å². The molecule has 2 fully saturated rings. The molecule has 7 nitrogen and oxygen atoms in total. The maximum Gasteiger partial charge on any atom is 0.223 e. The standard InChI is InChI=1S/C28H27ClF2N4O3/c1-3-17-20(30)6-5-15-9-16(37-14-36-2)10-18(22(15)17)25-23(31)26-19(12-33-25)24(34-27(29)35-26)21-11-28(38-21)7-4-8-32-13-28/h5-6,9-10,12,21,32H,3-4,7-8,11,13-14H2,1-2H3. The maximum atomic E-state index is 16.3. The zero-order valence-electron chi connectivity index (χ0n) is 21.1. The molecule has 2 unspecified atom stereocenters. The topological polar surface area (TPSA) is 78.4 Å². The second-order valence-corrected chi connectivity index (χ2v) is 10.2. The number of fused-ring (bicyclic) bond motifs is 2. The maximum absolute atomic E-state index is 16.3. The number of nitrogens with zero attached hydrogens (tertiary/aromatic N) is 3. The minimum Gasteiger partial charge on any atom is -0.468 e. The van der Waals surface area contributed by atoms with Crippen molar-refractivity contribution in [1.29, 1.82) is 0 Å². The van der Waals surface area contributed by atoms with Crippen molar-refractivity contribution >= 4 is 33.3 Å². The molecule has 2 aliphatic rings. The number of aromatic nitrogens is 3. The number of hydrogen-bond donors (Lipinski definition) is 1. The van der Waals surface area contributed by atoms with Crippen molar-refractivity contribution in [2.45, 2.75) is 44.3 Å². The van der Waals surface area contributed by atoms with Gasteiger partial charge in [0.05, 0.1) is 11.3 Å². The van der Waals surface area contributed by atoms with E-state index in [2.05, 4.69) is 20.3 Å². The number of rotatable bonds is 6. The largest absolute Gasteiger partial charge is 0.468 e. The molecule has 0 aliphatic carbocycles. The van der Waals surface area contributed by atoms with Crippen LogP contribution in [-0.4, -0.2) is 47.5 Å². The lowest BCUT2D eigenvalue weighted by Gasteiger charge is -2.50. The first-order valence-electron chi connectivity index (χ1n) is 12.7. The van der Waals surface area contributed by atoms with Crippen molar-refractivity contribution in [2.24, 2.45) is 0 Å². The second-order valence-electron chi connectivity index (χ2n) is 9.83. The van der Waals surface area contributed by atoms with Gasteiger partial charge >= 0.3 is 0 Å². The summed E-state index contributed by atoms with van der Waals surface area (Å²) < 4.78 is 48.1. The SMILES string of the molecule is CCc1c(F)ccc2cc(OCOC)cc(-c3ncc4c(C5CC6(CCCNC6)O5)nc(Cl)nc4c3F)c12. The molecular formula is C28H27ClF2N4O3. The highest BCUT2D eigenvalue weighted by Gasteiger charge is 2.48. The van der Waals surface area contributed by atoms with Gasteiger partial charge in [0.25, 0.3) is 0 Å². The van der Waals surface area contributed by atoms with E-state index in [1.807, 2.05) is 6.92 Å². The summed E-state index contributed by atoms with van der Waals surface area (Å²) in [6.45, 7) is 3.62. The van der Waals surface area contributed by atoms with Crippen LogP contribution < -0.4 is 10.1 Å². The van der Waals surface area contributed by atoms with E-state index in [-0.39, 0.29) is 40.8 Å². The Morgan fingerprint density at radius 1 is 1.24 bits per heavy atom. The molecule has 1 spiro atoms. The first-order chi connectivity index (χ1) is 18.4. The molecule has 38 heavy (non-hydrogen) atoms. The summed E-state index contributed by atoms with van der Waals surface area (Å²) in [5, 5.41) is 5.01. The average molecular weight is 541 g/mol. The fourth-order valence-corrected chi connectivity index (χ4v) is 5.89. The predicted octanol–water partition coefficient (Wildman–Crippen LogP) is 5.91. The number of halogens is 3. The summed E-state index contributed by atoms with van der Waals surface area (Å²) >= 11 is 6.28. The second kappa shape index (κ2) is 9.96. The average Bonchev–Trinajstić information content (AvgIpc) is 2.91. The molecule has 2 aromatic heterocycles. The van der Waals surface area contributed by atoms with Gasteiger partial charge in [0.2, 0.25) is 5.28 Å². The highest BCUT2D eigenvalue weighted by atomic mass is 35.5. The molecule has 0 bridgehead atoms. The molecule has 0 amide bonds. The molecule has 0 radical (unpaired) electrons. The zero-order chi connectivity index (χ0) is 26.4. The van der Waals surface area contributed by atoms with Crippen LogP contribution in [0.25, 0.3) is 32.9 Å². The number of piperidine rings is 1. The van der Waals surface area contributed by atoms with Gasteiger partial charge < -0.3 is 19.5 Å². The van der Waals surface area contributed by atoms with Crippen LogP contribution in [0.4, 0.5) is 8.78 Å². The third-order valence-electron chi connectivity index (χ3n) is 7.47. The molecule has 2 aliphatic heterocycles. The third kappa shape index (κ3) is 4.27. The van der Waals surface area contributed by atoms with Gasteiger partial charge in [0, 0.05) is 37.2 Å². The zero-order valence-corrected chi connectivity index (χ0v) is 21.9. The van der Waals surface area contributed by atoms with Crippen LogP contribution in [0.3, 0.4) is 0 Å². The fraction of sp³-hybridized carbons (Fsp3) is 0.393. The minimum atomic E-state index is -0.669. The lowest BCUT2D eigenvalue weighted by Crippen LogP contribution is -2.55. The molecule has 2 saturated heterocycles. The molecule has 2 aromatic carbocycles. The number of ether oxygens (including phenoxy) is 3. The molecule has 6 rings (SSSR count). The Hall–Kier alpha value is -2.98. The van der Waals surface area contributed by atoms with Crippen molar-refractivity contribution in [2.75, 3.05) is 27.0 Å². The van der Waals surface area contributed by atoms with Gasteiger partial charge in [-0.2, -0.15) is 0 Å². The highest BCUT2D eigenvalue weighted by Crippen LogP contribution is 2.48. The molecular weight excluding hydrogens is 514 g/mol. The van der Waals surface area contributed by atoms with Gasteiger partial charge in [-0.15, -0.1) is 0 Å². The van der Waals surface area contributed by atoms with Gasteiger partial charge in [-0.1, -0.05) is 13.0 Å². The Morgan fingerprint density at radius 2 is 2.08 bits per heavy atom. The number of methoxy groups -OCH3 is 1. The van der Waals surface area contributed by atoms with Crippen molar-refractivity contribution < 1.29 is 23.0 Å². The third-order valence-corrected chi connectivity index (χ3v) is 7.64. The van der Waals surface area contributed by atoms with Crippen LogP contribution >= 0.6 is 11.6 Å². The highest BCUT2D eigenvalue weighted by molar-refractivity contribution is 6.28. The first-order valence-corrected chi connectivity index (χ1v) is 13.1. The van der Waals surface area contributed by atoms with Crippen molar-refractivity contribution in [3.05, 3.63) is 58.6 Å². The number of nitrogens with one attached hydrogen (secondary N) is 1. The molecule has 2 atom stereocenters. The normalized spacial score (nSPS) is 21.2. The number of hydrogen-bond acceptors (Lipinski definition) is 7. The van der Waals surface area contributed by atoms with Crippen LogP contribution in [0, 0.1) is 11.6 Å². The summed E-state index contributed by atoms with van der Waals surface area (Å²) in [5.41, 5.74) is 1.23. The van der Waals surface area contributed by atoms with Gasteiger partial charge in [-0.3, -0.25) is 4.98 Å². The van der Waals surface area contributed by atoms with E-state index in [4.69, 9.17) is 25.8 Å². The van der Waals surface area contributed by atoms with E-state index in [0.717, 1.165) is 32.4 Å². The monoisotopic (exact) mass is 540 g/mol. The Morgan fingerprint density at radius 3 is 2.82 bits per heavy atom. The Labute approximate surface area is 223 Å². The van der Waals surface area contributed by atoms with Crippen LogP contribution in [0.15, 0.2) is 30.5 Å². The summed E-state index contributed by atoms with van der Waals surface area (Å²) in [6.07, 6.45) is 4.41. The Balaban J connectivity index is 1.50. The van der Waals surface area contributed by atoms with Gasteiger partial charge in [-0.05, 0) is 71.9 Å². The predicted molar refractivity (Wildman–Crippen MR) is 140 cm³/mol. The van der Waals surface area contributed by atoms with Gasteiger partial charge in [0.15, 0.2) is 12.6 Å². The van der Waals surface area contributed by atoms with E-state index >= 15 is 4.39 Å². The van der Waals surface area contributed by atoms with E-state index in [1.165, 1.54) is 13.2 Å². The summed E-state index contributed by atoms with van der Waals surface area (Å²) in [7, 11) is 1.51. The first kappa shape index (κ1) is 25.3. The van der Waals surface area contributed by atoms with E-state index < -0.39 is 5.82 Å². The lowest BCUT2D eigenvalue weighted by atomic mass is 9.81. The molecule has 1 N–H and O–H groups in total. The Kier molecular flexibility index (Phi) is 6.63. The molecule has 0 saturated carbocycles. The minimum absolute atomic E-state index is 0.00496. The van der Waals surface area contributed by atoms with Crippen LogP contribution in [0.1, 0.15) is 43.5 Å². The van der Waals surface area contributed by atoms with Gasteiger partial charge in [-0.25, -0.2) is 18.7 Å². The summed E-state index contributed by atoms with van der Waals surface area (Å²) in [4.78, 5) is 13.1. The Bertz CT molecular complexity index is 1540. The quantitative estimate of drug-likeness (QED) is 0.241. The van der Waals surface area contributed by atoms with Crippen LogP contribution in [0.2, 0.25) is 5.28 Å². The van der Waals surface area contributed by atoms with Crippen molar-refractivity contribution in [3.63, 3.8) is 0 Å². The lowest BCUT2D eigenvalue weighted by molar-refractivity contribution is -0.217. The summed E-state index contributed by atoms with van der Waals surface area (Å²) in [6, 6.07) is 6.47. The molecule has 4 heterocycles. The number of benzene rings is 2. The fourth-order valence-electron chi connectivity index (χ4n) is 5.71.